The van der Waals surface area contributed by atoms with Gasteiger partial charge in [0.15, 0.2) is 5.65 Å². The lowest BCUT2D eigenvalue weighted by Crippen LogP contribution is -2.06. The van der Waals surface area contributed by atoms with Gasteiger partial charge in [-0.1, -0.05) is 0 Å². The predicted molar refractivity (Wildman–Crippen MR) is 53.6 cm³/mol. The highest BCUT2D eigenvalue weighted by atomic mass is 16.1. The number of nitrogens with zero attached hydrogens (tertiary/aromatic N) is 3. The molecule has 2 aromatic heterocycles. The number of H-pyrrole nitrogens is 1. The number of imidazole rings is 1. The summed E-state index contributed by atoms with van der Waals surface area (Å²) in [6.07, 6.45) is 4.11. The zero-order valence-electron chi connectivity index (χ0n) is 8.14. The number of hydrogen-bond donors (Lipinski definition) is 1. The van der Waals surface area contributed by atoms with Gasteiger partial charge >= 0.3 is 0 Å². The van der Waals surface area contributed by atoms with Crippen molar-refractivity contribution in [3.8, 4) is 0 Å². The van der Waals surface area contributed by atoms with Crippen molar-refractivity contribution >= 4 is 17.6 Å². The Balaban J connectivity index is 0.000000171. The number of pyridine rings is 1. The van der Waals surface area contributed by atoms with Crippen molar-refractivity contribution in [2.75, 3.05) is 14.1 Å². The van der Waals surface area contributed by atoms with E-state index in [0.717, 1.165) is 17.6 Å². The Morgan fingerprint density at radius 2 is 2.14 bits per heavy atom. The number of aromatic amines is 1. The van der Waals surface area contributed by atoms with Crippen LogP contribution in [0, 0.1) is 0 Å². The Bertz CT molecular complexity index is 366. The van der Waals surface area contributed by atoms with Crippen LogP contribution in [-0.2, 0) is 4.79 Å². The molecule has 5 heteroatoms. The van der Waals surface area contributed by atoms with E-state index < -0.39 is 0 Å². The van der Waals surface area contributed by atoms with Crippen LogP contribution in [0.5, 0.6) is 0 Å². The summed E-state index contributed by atoms with van der Waals surface area (Å²) in [7, 11) is 3.38. The molecule has 2 rings (SSSR count). The van der Waals surface area contributed by atoms with E-state index in [1.165, 1.54) is 4.90 Å². The van der Waals surface area contributed by atoms with Gasteiger partial charge in [0.05, 0.1) is 11.8 Å². The number of rotatable bonds is 1. The maximum absolute atomic E-state index is 9.43. The third-order valence-corrected chi connectivity index (χ3v) is 1.40. The van der Waals surface area contributed by atoms with Gasteiger partial charge in [0.1, 0.15) is 0 Å². The minimum atomic E-state index is 0.750. The Morgan fingerprint density at radius 1 is 1.43 bits per heavy atom. The number of carbonyl (C=O) groups is 1. The van der Waals surface area contributed by atoms with Crippen LogP contribution in [0.3, 0.4) is 0 Å². The minimum absolute atomic E-state index is 0.750. The maximum Gasteiger partial charge on any atom is 0.209 e. The van der Waals surface area contributed by atoms with E-state index in [4.69, 9.17) is 0 Å². The molecule has 0 aliphatic carbocycles. The molecule has 74 valence electrons. The van der Waals surface area contributed by atoms with Gasteiger partial charge in [-0.2, -0.15) is 0 Å². The van der Waals surface area contributed by atoms with Crippen molar-refractivity contribution in [3.05, 3.63) is 24.7 Å². The maximum atomic E-state index is 9.43. The summed E-state index contributed by atoms with van der Waals surface area (Å²) in [5, 5.41) is 0. The molecule has 0 fully saturated rings. The highest BCUT2D eigenvalue weighted by Gasteiger charge is 1.90. The van der Waals surface area contributed by atoms with Crippen molar-refractivity contribution in [1.82, 2.24) is 19.9 Å². The molecule has 2 aromatic rings. The second-order valence-electron chi connectivity index (χ2n) is 2.85. The minimum Gasteiger partial charge on any atom is -0.351 e. The van der Waals surface area contributed by atoms with Gasteiger partial charge < -0.3 is 9.88 Å². The Kier molecular flexibility index (Phi) is 3.60. The second kappa shape index (κ2) is 4.96. The summed E-state index contributed by atoms with van der Waals surface area (Å²) in [5.74, 6) is 0. The zero-order valence-corrected chi connectivity index (χ0v) is 8.14. The number of hydrogen-bond acceptors (Lipinski definition) is 3. The average Bonchev–Trinajstić information content (AvgIpc) is 2.66. The Hall–Kier alpha value is -1.91. The predicted octanol–water partition coefficient (Wildman–Crippen LogP) is 0.662. The number of aromatic nitrogens is 3. The van der Waals surface area contributed by atoms with Crippen LogP contribution in [0.1, 0.15) is 0 Å². The van der Waals surface area contributed by atoms with E-state index in [-0.39, 0.29) is 0 Å². The van der Waals surface area contributed by atoms with E-state index in [2.05, 4.69) is 15.0 Å². The summed E-state index contributed by atoms with van der Waals surface area (Å²) in [4.78, 5) is 21.8. The first kappa shape index (κ1) is 10.2. The molecule has 0 bridgehead atoms. The van der Waals surface area contributed by atoms with Crippen LogP contribution in [0.15, 0.2) is 24.7 Å². The fourth-order valence-electron chi connectivity index (χ4n) is 0.775. The van der Waals surface area contributed by atoms with Gasteiger partial charge in [-0.15, -0.1) is 0 Å². The quantitative estimate of drug-likeness (QED) is 0.675. The van der Waals surface area contributed by atoms with E-state index in [9.17, 15) is 4.79 Å². The first-order valence-electron chi connectivity index (χ1n) is 4.10. The van der Waals surface area contributed by atoms with Gasteiger partial charge in [0.2, 0.25) is 6.41 Å². The SMILES string of the molecule is CN(C)C=O.c1cnc2nc[nH]c2c1. The standard InChI is InChI=1S/C6H5N3.C3H7NO/c1-2-5-6(7-3-1)9-4-8-5;1-4(2)3-5/h1-4H,(H,7,8,9);3H,1-2H3. The van der Waals surface area contributed by atoms with Crippen LogP contribution in [-0.4, -0.2) is 40.4 Å². The third-order valence-electron chi connectivity index (χ3n) is 1.40. The van der Waals surface area contributed by atoms with E-state index in [1.54, 1.807) is 26.6 Å². The van der Waals surface area contributed by atoms with Crippen molar-refractivity contribution in [2.24, 2.45) is 0 Å². The lowest BCUT2D eigenvalue weighted by molar-refractivity contribution is -0.115. The van der Waals surface area contributed by atoms with Gasteiger partial charge in [-0.05, 0) is 12.1 Å². The second-order valence-corrected chi connectivity index (χ2v) is 2.85. The molecular formula is C9H12N4O. The molecule has 1 N–H and O–H groups in total. The van der Waals surface area contributed by atoms with Gasteiger partial charge in [-0.3, -0.25) is 4.79 Å². The zero-order chi connectivity index (χ0) is 10.4. The molecule has 0 saturated heterocycles. The number of fused-ring (bicyclic) bond motifs is 1. The molecule has 0 aliphatic rings. The molecule has 14 heavy (non-hydrogen) atoms. The fourth-order valence-corrected chi connectivity index (χ4v) is 0.775. The van der Waals surface area contributed by atoms with Crippen molar-refractivity contribution in [1.29, 1.82) is 0 Å². The Morgan fingerprint density at radius 3 is 2.71 bits per heavy atom. The molecule has 0 aromatic carbocycles. The van der Waals surface area contributed by atoms with Crippen LogP contribution >= 0.6 is 0 Å². The van der Waals surface area contributed by atoms with Gasteiger partial charge in [0.25, 0.3) is 0 Å². The van der Waals surface area contributed by atoms with Crippen LogP contribution in [0.25, 0.3) is 11.2 Å². The molecule has 1 amide bonds. The molecule has 0 radical (unpaired) electrons. The monoisotopic (exact) mass is 192 g/mol. The largest absolute Gasteiger partial charge is 0.351 e. The molecule has 5 nitrogen and oxygen atoms in total. The number of amides is 1. The molecular weight excluding hydrogens is 180 g/mol. The highest BCUT2D eigenvalue weighted by Crippen LogP contribution is 2.01. The normalized spacial score (nSPS) is 9.00. The summed E-state index contributed by atoms with van der Waals surface area (Å²) in [6.45, 7) is 0. The fraction of sp³-hybridized carbons (Fsp3) is 0.222. The van der Waals surface area contributed by atoms with E-state index >= 15 is 0 Å². The molecule has 0 unspecified atom stereocenters. The molecule has 0 spiro atoms. The summed E-state index contributed by atoms with van der Waals surface area (Å²) >= 11 is 0. The number of nitrogens with one attached hydrogen (secondary N) is 1. The average molecular weight is 192 g/mol. The smallest absolute Gasteiger partial charge is 0.209 e. The Labute approximate surface area is 81.8 Å². The molecule has 0 saturated carbocycles. The van der Waals surface area contributed by atoms with E-state index in [1.807, 2.05) is 12.1 Å². The third kappa shape index (κ3) is 2.85. The van der Waals surface area contributed by atoms with Crippen LogP contribution in [0.2, 0.25) is 0 Å². The summed E-state index contributed by atoms with van der Waals surface area (Å²) in [6, 6.07) is 3.82. The summed E-state index contributed by atoms with van der Waals surface area (Å²) < 4.78 is 0. The first-order chi connectivity index (χ1) is 6.74. The molecule has 0 atom stereocenters. The number of carbonyl (C=O) groups excluding carboxylic acids is 1. The topological polar surface area (TPSA) is 61.9 Å². The lowest BCUT2D eigenvalue weighted by atomic mass is 10.4. The first-order valence-corrected chi connectivity index (χ1v) is 4.10. The summed E-state index contributed by atoms with van der Waals surface area (Å²) in [5.41, 5.74) is 1.76. The van der Waals surface area contributed by atoms with Crippen LogP contribution < -0.4 is 0 Å². The van der Waals surface area contributed by atoms with Crippen LogP contribution in [0.4, 0.5) is 0 Å². The van der Waals surface area contributed by atoms with E-state index in [0.29, 0.717) is 0 Å². The van der Waals surface area contributed by atoms with Crippen molar-refractivity contribution < 1.29 is 4.79 Å². The van der Waals surface area contributed by atoms with Crippen molar-refractivity contribution in [3.63, 3.8) is 0 Å². The molecule has 2 heterocycles. The van der Waals surface area contributed by atoms with Gasteiger partial charge in [-0.25, -0.2) is 9.97 Å². The van der Waals surface area contributed by atoms with Crippen molar-refractivity contribution in [2.45, 2.75) is 0 Å². The van der Waals surface area contributed by atoms with Gasteiger partial charge in [0, 0.05) is 20.3 Å². The highest BCUT2D eigenvalue weighted by molar-refractivity contribution is 5.68. The molecule has 0 aliphatic heterocycles. The lowest BCUT2D eigenvalue weighted by Gasteiger charge is -1.93.